The number of hydrogen-bond acceptors (Lipinski definition) is 10. The maximum Gasteiger partial charge on any atom is 0.272 e. The summed E-state index contributed by atoms with van der Waals surface area (Å²) in [7, 11) is 1.45. The number of nitrogens with one attached hydrogen (secondary N) is 4. The first-order chi connectivity index (χ1) is 15.9. The molecule has 1 aliphatic rings. The van der Waals surface area contributed by atoms with Crippen molar-refractivity contribution in [3.63, 3.8) is 0 Å². The second kappa shape index (κ2) is 11.2. The highest BCUT2D eigenvalue weighted by atomic mass is 16.3. The van der Waals surface area contributed by atoms with Gasteiger partial charge < -0.3 is 26.2 Å². The molecule has 2 aromatic rings. The van der Waals surface area contributed by atoms with Gasteiger partial charge in [0.05, 0.1) is 36.5 Å². The first-order valence-electron chi connectivity index (χ1n) is 10.3. The van der Waals surface area contributed by atoms with Crippen LogP contribution in [0.15, 0.2) is 35.8 Å². The van der Waals surface area contributed by atoms with E-state index in [1.54, 1.807) is 18.5 Å². The van der Waals surface area contributed by atoms with E-state index in [9.17, 15) is 14.7 Å². The van der Waals surface area contributed by atoms with Gasteiger partial charge in [0.25, 0.3) is 11.8 Å². The van der Waals surface area contributed by atoms with E-state index in [0.29, 0.717) is 17.3 Å². The van der Waals surface area contributed by atoms with Gasteiger partial charge in [-0.25, -0.2) is 15.0 Å². The fraction of sp³-hybridized carbons (Fsp3) is 0.381. The van der Waals surface area contributed by atoms with E-state index in [1.807, 2.05) is 6.07 Å². The summed E-state index contributed by atoms with van der Waals surface area (Å²) in [6, 6.07) is 2.47. The van der Waals surface area contributed by atoms with E-state index in [-0.39, 0.29) is 12.2 Å². The smallest absolute Gasteiger partial charge is 0.272 e. The van der Waals surface area contributed by atoms with Crippen molar-refractivity contribution in [1.29, 1.82) is 5.41 Å². The van der Waals surface area contributed by atoms with Crippen LogP contribution in [0.4, 0.5) is 11.4 Å². The molecule has 1 saturated carbocycles. The SMILES string of the molecule is CN=CC(NC(=O)c1nc(C2CC2)ccc1Nc1cncnc1)C(=N)C(=O)NCC(O)CO. The van der Waals surface area contributed by atoms with Gasteiger partial charge in [0, 0.05) is 31.4 Å². The van der Waals surface area contributed by atoms with E-state index in [2.05, 4.69) is 35.9 Å². The Kier molecular flexibility index (Phi) is 8.11. The van der Waals surface area contributed by atoms with E-state index in [4.69, 9.17) is 10.5 Å². The quantitative estimate of drug-likeness (QED) is 0.252. The number of carbonyl (C=O) groups excluding carboxylic acids is 2. The normalized spacial score (nSPS) is 15.0. The zero-order chi connectivity index (χ0) is 23.8. The third-order valence-corrected chi connectivity index (χ3v) is 4.82. The van der Waals surface area contributed by atoms with Crippen LogP contribution in [-0.2, 0) is 4.79 Å². The molecule has 6 N–H and O–H groups in total. The first-order valence-corrected chi connectivity index (χ1v) is 10.3. The number of aliphatic imine (C=N–C) groups is 1. The fourth-order valence-electron chi connectivity index (χ4n) is 2.93. The molecule has 0 aliphatic heterocycles. The number of aliphatic hydroxyl groups is 2. The number of amides is 2. The Morgan fingerprint density at radius 3 is 2.67 bits per heavy atom. The van der Waals surface area contributed by atoms with Crippen molar-refractivity contribution in [2.75, 3.05) is 25.5 Å². The number of carbonyl (C=O) groups is 2. The van der Waals surface area contributed by atoms with Gasteiger partial charge >= 0.3 is 0 Å². The van der Waals surface area contributed by atoms with Crippen molar-refractivity contribution in [2.24, 2.45) is 4.99 Å². The first kappa shape index (κ1) is 23.9. The highest BCUT2D eigenvalue weighted by Gasteiger charge is 2.28. The lowest BCUT2D eigenvalue weighted by molar-refractivity contribution is -0.115. The Labute approximate surface area is 190 Å². The van der Waals surface area contributed by atoms with E-state index < -0.39 is 36.3 Å². The average molecular weight is 454 g/mol. The zero-order valence-corrected chi connectivity index (χ0v) is 18.0. The van der Waals surface area contributed by atoms with Crippen LogP contribution < -0.4 is 16.0 Å². The highest BCUT2D eigenvalue weighted by molar-refractivity contribution is 6.43. The van der Waals surface area contributed by atoms with Crippen molar-refractivity contribution in [3.05, 3.63) is 42.2 Å². The number of aliphatic hydroxyl groups excluding tert-OH is 2. The monoisotopic (exact) mass is 454 g/mol. The number of anilines is 2. The van der Waals surface area contributed by atoms with Crippen LogP contribution in [0.3, 0.4) is 0 Å². The molecule has 2 atom stereocenters. The third-order valence-electron chi connectivity index (χ3n) is 4.82. The van der Waals surface area contributed by atoms with E-state index in [1.165, 1.54) is 19.6 Å². The molecule has 1 aliphatic carbocycles. The molecule has 2 amide bonds. The van der Waals surface area contributed by atoms with Crippen molar-refractivity contribution < 1.29 is 19.8 Å². The Morgan fingerprint density at radius 1 is 1.30 bits per heavy atom. The van der Waals surface area contributed by atoms with Crippen molar-refractivity contribution in [2.45, 2.75) is 30.9 Å². The minimum absolute atomic E-state index is 0.0988. The standard InChI is InChI=1S/C21H26N8O4/c1-23-9-17(18(22)20(32)26-8-14(31)10-30)29-21(33)19-16(27-13-6-24-11-25-7-13)5-4-15(28-19)12-2-3-12/h4-7,9,11-12,14,17,22,27,30-31H,2-3,8,10H2,1H3,(H,26,32)(H,29,33). The van der Waals surface area contributed by atoms with Crippen LogP contribution in [0, 0.1) is 5.41 Å². The molecule has 2 heterocycles. The molecule has 174 valence electrons. The lowest BCUT2D eigenvalue weighted by Crippen LogP contribution is -2.49. The largest absolute Gasteiger partial charge is 0.394 e. The van der Waals surface area contributed by atoms with Crippen LogP contribution >= 0.6 is 0 Å². The number of hydrogen-bond donors (Lipinski definition) is 6. The summed E-state index contributed by atoms with van der Waals surface area (Å²) >= 11 is 0. The molecular formula is C21H26N8O4. The van der Waals surface area contributed by atoms with Crippen molar-refractivity contribution in [1.82, 2.24) is 25.6 Å². The zero-order valence-electron chi connectivity index (χ0n) is 18.0. The minimum atomic E-state index is -1.15. The molecule has 1 fully saturated rings. The fourth-order valence-corrected chi connectivity index (χ4v) is 2.93. The van der Waals surface area contributed by atoms with Gasteiger partial charge in [-0.05, 0) is 25.0 Å². The van der Waals surface area contributed by atoms with Crippen molar-refractivity contribution in [3.8, 4) is 0 Å². The summed E-state index contributed by atoms with van der Waals surface area (Å²) in [5.74, 6) is -1.11. The van der Waals surface area contributed by atoms with Gasteiger partial charge in [-0.3, -0.25) is 20.0 Å². The summed E-state index contributed by atoms with van der Waals surface area (Å²) < 4.78 is 0. The average Bonchev–Trinajstić information content (AvgIpc) is 3.68. The van der Waals surface area contributed by atoms with Gasteiger partial charge in [0.1, 0.15) is 18.1 Å². The predicted molar refractivity (Wildman–Crippen MR) is 121 cm³/mol. The summed E-state index contributed by atoms with van der Waals surface area (Å²) in [5, 5.41) is 34.4. The number of rotatable bonds is 11. The molecule has 0 radical (unpaired) electrons. The Hall–Kier alpha value is -3.77. The summed E-state index contributed by atoms with van der Waals surface area (Å²) in [6.07, 6.45) is 6.60. The van der Waals surface area contributed by atoms with Gasteiger partial charge in [-0.2, -0.15) is 0 Å². The number of aromatic nitrogens is 3. The molecule has 12 heteroatoms. The second-order valence-electron chi connectivity index (χ2n) is 7.48. The molecule has 2 unspecified atom stereocenters. The van der Waals surface area contributed by atoms with Crippen LogP contribution in [0.25, 0.3) is 0 Å². The van der Waals surface area contributed by atoms with Gasteiger partial charge in [-0.1, -0.05) is 0 Å². The van der Waals surface area contributed by atoms with Gasteiger partial charge in [-0.15, -0.1) is 0 Å². The summed E-state index contributed by atoms with van der Waals surface area (Å²) in [6.45, 7) is -0.769. The highest BCUT2D eigenvalue weighted by Crippen LogP contribution is 2.39. The summed E-state index contributed by atoms with van der Waals surface area (Å²) in [4.78, 5) is 41.7. The maximum absolute atomic E-state index is 13.2. The molecule has 0 saturated heterocycles. The van der Waals surface area contributed by atoms with Crippen molar-refractivity contribution >= 4 is 35.1 Å². The lowest BCUT2D eigenvalue weighted by atomic mass is 10.1. The Balaban J connectivity index is 1.80. The molecule has 2 aromatic heterocycles. The second-order valence-corrected chi connectivity index (χ2v) is 7.48. The molecule has 33 heavy (non-hydrogen) atoms. The molecular weight excluding hydrogens is 428 g/mol. The molecule has 3 rings (SSSR count). The van der Waals surface area contributed by atoms with E-state index >= 15 is 0 Å². The van der Waals surface area contributed by atoms with Gasteiger partial charge in [0.2, 0.25) is 0 Å². The Morgan fingerprint density at radius 2 is 2.03 bits per heavy atom. The molecule has 12 nitrogen and oxygen atoms in total. The predicted octanol–water partition coefficient (Wildman–Crippen LogP) is -0.219. The van der Waals surface area contributed by atoms with Crippen LogP contribution in [-0.4, -0.2) is 81.3 Å². The maximum atomic E-state index is 13.2. The molecule has 0 spiro atoms. The number of pyridine rings is 1. The Bertz CT molecular complexity index is 1030. The van der Waals surface area contributed by atoms with Crippen LogP contribution in [0.5, 0.6) is 0 Å². The van der Waals surface area contributed by atoms with Gasteiger partial charge in [0.15, 0.2) is 5.69 Å². The molecule has 0 bridgehead atoms. The molecule has 0 aromatic carbocycles. The van der Waals surface area contributed by atoms with Crippen LogP contribution in [0.1, 0.15) is 34.9 Å². The minimum Gasteiger partial charge on any atom is -0.394 e. The topological polar surface area (TPSA) is 186 Å². The third kappa shape index (κ3) is 6.60. The summed E-state index contributed by atoms with van der Waals surface area (Å²) in [5.41, 5.74) is 1.39. The van der Waals surface area contributed by atoms with E-state index in [0.717, 1.165) is 18.5 Å². The van der Waals surface area contributed by atoms with Crippen LogP contribution in [0.2, 0.25) is 0 Å². The lowest BCUT2D eigenvalue weighted by Gasteiger charge is -2.18. The number of nitrogens with zero attached hydrogens (tertiary/aromatic N) is 4.